The Bertz CT molecular complexity index is 393. The van der Waals surface area contributed by atoms with E-state index in [1.54, 1.807) is 0 Å². The SMILES string of the molecule is CN(CC(=O)O)c1nccnc1C(N)=O. The molecular weight excluding hydrogens is 200 g/mol. The van der Waals surface area contributed by atoms with E-state index in [1.165, 1.54) is 24.3 Å². The average molecular weight is 210 g/mol. The van der Waals surface area contributed by atoms with Crippen LogP contribution in [-0.2, 0) is 4.79 Å². The van der Waals surface area contributed by atoms with Gasteiger partial charge in [-0.15, -0.1) is 0 Å². The number of carboxylic acids is 1. The highest BCUT2D eigenvalue weighted by Crippen LogP contribution is 2.11. The fourth-order valence-corrected chi connectivity index (χ4v) is 1.06. The van der Waals surface area contributed by atoms with E-state index in [0.29, 0.717) is 0 Å². The lowest BCUT2D eigenvalue weighted by molar-refractivity contribution is -0.135. The highest BCUT2D eigenvalue weighted by molar-refractivity contribution is 5.95. The van der Waals surface area contributed by atoms with Gasteiger partial charge < -0.3 is 15.7 Å². The van der Waals surface area contributed by atoms with E-state index >= 15 is 0 Å². The molecule has 1 rings (SSSR count). The Morgan fingerprint density at radius 3 is 2.60 bits per heavy atom. The Kier molecular flexibility index (Phi) is 3.17. The Balaban J connectivity index is 3.02. The van der Waals surface area contributed by atoms with Gasteiger partial charge in [-0.3, -0.25) is 9.59 Å². The van der Waals surface area contributed by atoms with Crippen LogP contribution in [0.15, 0.2) is 12.4 Å². The van der Waals surface area contributed by atoms with Crippen LogP contribution in [0, 0.1) is 0 Å². The van der Waals surface area contributed by atoms with Gasteiger partial charge in [0.1, 0.15) is 6.54 Å². The molecule has 0 fully saturated rings. The molecule has 80 valence electrons. The Morgan fingerprint density at radius 2 is 2.07 bits per heavy atom. The average Bonchev–Trinajstić information content (AvgIpc) is 2.16. The second-order valence-corrected chi connectivity index (χ2v) is 2.84. The molecule has 0 aliphatic rings. The number of aliphatic carboxylic acids is 1. The maximum atomic E-state index is 11.0. The minimum Gasteiger partial charge on any atom is -0.480 e. The first-order valence-corrected chi connectivity index (χ1v) is 4.06. The van der Waals surface area contributed by atoms with Crippen molar-refractivity contribution in [2.75, 3.05) is 18.5 Å². The van der Waals surface area contributed by atoms with Crippen molar-refractivity contribution in [1.29, 1.82) is 0 Å². The molecule has 1 aromatic rings. The van der Waals surface area contributed by atoms with Gasteiger partial charge in [0.05, 0.1) is 0 Å². The standard InChI is InChI=1S/C8H10N4O3/c1-12(4-5(13)14)8-6(7(9)15)10-2-3-11-8/h2-3H,4H2,1H3,(H2,9,15)(H,13,14). The summed E-state index contributed by atoms with van der Waals surface area (Å²) in [6.45, 7) is -0.279. The number of likely N-dealkylation sites (N-methyl/N-ethyl adjacent to an activating group) is 1. The number of amides is 1. The van der Waals surface area contributed by atoms with Gasteiger partial charge in [0.15, 0.2) is 11.5 Å². The normalized spacial score (nSPS) is 9.67. The van der Waals surface area contributed by atoms with E-state index in [-0.39, 0.29) is 18.1 Å². The third-order valence-electron chi connectivity index (χ3n) is 1.65. The van der Waals surface area contributed by atoms with E-state index in [4.69, 9.17) is 10.8 Å². The summed E-state index contributed by atoms with van der Waals surface area (Å²) in [7, 11) is 1.49. The molecule has 0 spiro atoms. The van der Waals surface area contributed by atoms with Crippen LogP contribution in [0.25, 0.3) is 0 Å². The van der Waals surface area contributed by atoms with Crippen LogP contribution in [0.2, 0.25) is 0 Å². The fraction of sp³-hybridized carbons (Fsp3) is 0.250. The molecule has 0 radical (unpaired) electrons. The summed E-state index contributed by atoms with van der Waals surface area (Å²) >= 11 is 0. The Hall–Kier alpha value is -2.18. The Labute approximate surface area is 85.5 Å². The third-order valence-corrected chi connectivity index (χ3v) is 1.65. The summed E-state index contributed by atoms with van der Waals surface area (Å²) in [6.07, 6.45) is 2.68. The zero-order chi connectivity index (χ0) is 11.4. The molecular formula is C8H10N4O3. The maximum absolute atomic E-state index is 11.0. The summed E-state index contributed by atoms with van der Waals surface area (Å²) < 4.78 is 0. The lowest BCUT2D eigenvalue weighted by Gasteiger charge is -2.16. The molecule has 7 nitrogen and oxygen atoms in total. The van der Waals surface area contributed by atoms with Crippen molar-refractivity contribution >= 4 is 17.7 Å². The highest BCUT2D eigenvalue weighted by atomic mass is 16.4. The maximum Gasteiger partial charge on any atom is 0.323 e. The van der Waals surface area contributed by atoms with Crippen molar-refractivity contribution in [3.8, 4) is 0 Å². The van der Waals surface area contributed by atoms with Crippen LogP contribution in [0.5, 0.6) is 0 Å². The molecule has 15 heavy (non-hydrogen) atoms. The number of hydrogen-bond acceptors (Lipinski definition) is 5. The van der Waals surface area contributed by atoms with Gasteiger partial charge in [0.25, 0.3) is 5.91 Å². The van der Waals surface area contributed by atoms with E-state index in [1.807, 2.05) is 0 Å². The molecule has 0 aliphatic carbocycles. The second kappa shape index (κ2) is 4.36. The first-order chi connectivity index (χ1) is 7.02. The number of carbonyl (C=O) groups excluding carboxylic acids is 1. The number of carbonyl (C=O) groups is 2. The molecule has 0 saturated heterocycles. The van der Waals surface area contributed by atoms with Crippen molar-refractivity contribution in [3.05, 3.63) is 18.1 Å². The molecule has 1 amide bonds. The molecule has 1 heterocycles. The van der Waals surface area contributed by atoms with E-state index in [0.717, 1.165) is 0 Å². The van der Waals surface area contributed by atoms with Crippen LogP contribution in [0.4, 0.5) is 5.82 Å². The Morgan fingerprint density at radius 1 is 1.47 bits per heavy atom. The summed E-state index contributed by atoms with van der Waals surface area (Å²) in [6, 6.07) is 0. The van der Waals surface area contributed by atoms with Crippen LogP contribution < -0.4 is 10.6 Å². The van der Waals surface area contributed by atoms with Crippen LogP contribution in [-0.4, -0.2) is 40.5 Å². The topological polar surface area (TPSA) is 109 Å². The predicted molar refractivity (Wildman–Crippen MR) is 51.5 cm³/mol. The number of primary amides is 1. The van der Waals surface area contributed by atoms with Gasteiger partial charge in [0.2, 0.25) is 0 Å². The lowest BCUT2D eigenvalue weighted by Crippen LogP contribution is -2.29. The molecule has 0 aliphatic heterocycles. The number of aromatic nitrogens is 2. The smallest absolute Gasteiger partial charge is 0.323 e. The van der Waals surface area contributed by atoms with Gasteiger partial charge >= 0.3 is 5.97 Å². The zero-order valence-electron chi connectivity index (χ0n) is 8.04. The summed E-state index contributed by atoms with van der Waals surface area (Å²) in [5.74, 6) is -1.61. The molecule has 0 atom stereocenters. The molecule has 1 aromatic heterocycles. The molecule has 0 aromatic carbocycles. The third kappa shape index (κ3) is 2.63. The molecule has 7 heteroatoms. The minimum absolute atomic E-state index is 0.0405. The van der Waals surface area contributed by atoms with Gasteiger partial charge in [-0.1, -0.05) is 0 Å². The van der Waals surface area contributed by atoms with E-state index in [2.05, 4.69) is 9.97 Å². The monoisotopic (exact) mass is 210 g/mol. The van der Waals surface area contributed by atoms with Crippen LogP contribution in [0.1, 0.15) is 10.5 Å². The first kappa shape index (κ1) is 10.9. The molecule has 0 unspecified atom stereocenters. The number of anilines is 1. The number of nitrogens with two attached hydrogens (primary N) is 1. The summed E-state index contributed by atoms with van der Waals surface area (Å²) in [5, 5.41) is 8.57. The van der Waals surface area contributed by atoms with Crippen molar-refractivity contribution in [3.63, 3.8) is 0 Å². The fourth-order valence-electron chi connectivity index (χ4n) is 1.06. The number of hydrogen-bond donors (Lipinski definition) is 2. The minimum atomic E-state index is -1.03. The first-order valence-electron chi connectivity index (χ1n) is 4.06. The van der Waals surface area contributed by atoms with Crippen LogP contribution >= 0.6 is 0 Å². The van der Waals surface area contributed by atoms with Gasteiger partial charge in [-0.05, 0) is 0 Å². The van der Waals surface area contributed by atoms with Crippen molar-refractivity contribution in [2.24, 2.45) is 5.73 Å². The van der Waals surface area contributed by atoms with Gasteiger partial charge in [-0.25, -0.2) is 9.97 Å². The van der Waals surface area contributed by atoms with Crippen molar-refractivity contribution < 1.29 is 14.7 Å². The number of nitrogens with zero attached hydrogens (tertiary/aromatic N) is 3. The summed E-state index contributed by atoms with van der Waals surface area (Å²) in [4.78, 5) is 30.3. The van der Waals surface area contributed by atoms with Gasteiger partial charge in [0, 0.05) is 19.4 Å². The summed E-state index contributed by atoms with van der Waals surface area (Å²) in [5.41, 5.74) is 5.03. The van der Waals surface area contributed by atoms with E-state index < -0.39 is 11.9 Å². The van der Waals surface area contributed by atoms with Crippen molar-refractivity contribution in [2.45, 2.75) is 0 Å². The second-order valence-electron chi connectivity index (χ2n) is 2.84. The number of rotatable bonds is 4. The van der Waals surface area contributed by atoms with Crippen molar-refractivity contribution in [1.82, 2.24) is 9.97 Å². The molecule has 0 bridgehead atoms. The molecule has 0 saturated carbocycles. The number of carboxylic acid groups (broad SMARTS) is 1. The predicted octanol–water partition coefficient (Wildman–Crippen LogP) is -0.904. The largest absolute Gasteiger partial charge is 0.480 e. The zero-order valence-corrected chi connectivity index (χ0v) is 8.04. The quantitative estimate of drug-likeness (QED) is 0.666. The van der Waals surface area contributed by atoms with Gasteiger partial charge in [-0.2, -0.15) is 0 Å². The van der Waals surface area contributed by atoms with Crippen LogP contribution in [0.3, 0.4) is 0 Å². The van der Waals surface area contributed by atoms with E-state index in [9.17, 15) is 9.59 Å². The lowest BCUT2D eigenvalue weighted by atomic mass is 10.3. The highest BCUT2D eigenvalue weighted by Gasteiger charge is 2.15. The molecule has 3 N–H and O–H groups in total.